The van der Waals surface area contributed by atoms with E-state index in [2.05, 4.69) is 21.1 Å². The van der Waals surface area contributed by atoms with Crippen LogP contribution in [-0.2, 0) is 0 Å². The van der Waals surface area contributed by atoms with E-state index < -0.39 is 5.41 Å². The van der Waals surface area contributed by atoms with E-state index in [0.717, 1.165) is 11.0 Å². The number of hydrogen-bond donors (Lipinski definition) is 2. The van der Waals surface area contributed by atoms with Crippen molar-refractivity contribution >= 4 is 0 Å². The van der Waals surface area contributed by atoms with E-state index >= 15 is 0 Å². The van der Waals surface area contributed by atoms with Crippen molar-refractivity contribution in [2.75, 3.05) is 61.5 Å². The molecule has 0 fully saturated rings. The van der Waals surface area contributed by atoms with E-state index in [1.165, 1.54) is 0 Å². The topological polar surface area (TPSA) is 43.7 Å². The monoisotopic (exact) mass is 205 g/mol. The van der Waals surface area contributed by atoms with Gasteiger partial charge in [0, 0.05) is 6.54 Å². The third kappa shape index (κ3) is 4.91. The summed E-state index contributed by atoms with van der Waals surface area (Å²) in [4.78, 5) is 2.00. The Morgan fingerprint density at radius 1 is 1.07 bits per heavy atom. The number of rotatable bonds is 6. The molecular formula is C10H25N2O2+. The van der Waals surface area contributed by atoms with Gasteiger partial charge in [0.15, 0.2) is 0 Å². The number of hydrogen-bond acceptors (Lipinski definition) is 3. The maximum Gasteiger partial charge on any atom is 0.0894 e. The summed E-state index contributed by atoms with van der Waals surface area (Å²) < 4.78 is 0.745. The molecule has 14 heavy (non-hydrogen) atoms. The predicted molar refractivity (Wildman–Crippen MR) is 58.1 cm³/mol. The molecule has 0 aliphatic rings. The van der Waals surface area contributed by atoms with Gasteiger partial charge in [0.25, 0.3) is 0 Å². The molecule has 0 aromatic heterocycles. The fraction of sp³-hybridized carbons (Fsp3) is 1.00. The van der Waals surface area contributed by atoms with Crippen LogP contribution < -0.4 is 0 Å². The average molecular weight is 205 g/mol. The van der Waals surface area contributed by atoms with Crippen molar-refractivity contribution in [3.05, 3.63) is 0 Å². The minimum absolute atomic E-state index is 0.0250. The van der Waals surface area contributed by atoms with Crippen molar-refractivity contribution in [2.45, 2.75) is 0 Å². The molecule has 4 heteroatoms. The Hall–Kier alpha value is -0.160. The van der Waals surface area contributed by atoms with Gasteiger partial charge in [-0.3, -0.25) is 0 Å². The smallest absolute Gasteiger partial charge is 0.0894 e. The van der Waals surface area contributed by atoms with Gasteiger partial charge in [0.2, 0.25) is 0 Å². The Morgan fingerprint density at radius 3 is 1.71 bits per heavy atom. The second-order valence-corrected chi connectivity index (χ2v) is 5.50. The molecule has 0 aromatic rings. The largest absolute Gasteiger partial charge is 0.395 e. The first-order chi connectivity index (χ1) is 6.24. The standard InChI is InChI=1S/C10H25N2O2/c1-11(2)6-10(8-13,9-14)7-12(3,4)5/h13-14H,6-9H2,1-5H3/q+1. The molecule has 0 aliphatic heterocycles. The van der Waals surface area contributed by atoms with Crippen LogP contribution in [0.3, 0.4) is 0 Å². The first kappa shape index (κ1) is 13.8. The average Bonchev–Trinajstić information content (AvgIpc) is 1.99. The second-order valence-electron chi connectivity index (χ2n) is 5.50. The summed E-state index contributed by atoms with van der Waals surface area (Å²) in [5.41, 5.74) is -0.401. The van der Waals surface area contributed by atoms with Crippen molar-refractivity contribution in [3.63, 3.8) is 0 Å². The molecule has 0 bridgehead atoms. The number of quaternary nitrogens is 1. The molecule has 0 aromatic carbocycles. The second kappa shape index (κ2) is 5.07. The van der Waals surface area contributed by atoms with Crippen molar-refractivity contribution in [2.24, 2.45) is 5.41 Å². The highest BCUT2D eigenvalue weighted by Gasteiger charge is 2.35. The normalized spacial score (nSPS) is 13.7. The third-order valence-corrected chi connectivity index (χ3v) is 2.13. The summed E-state index contributed by atoms with van der Waals surface area (Å²) in [6.07, 6.45) is 0. The molecule has 0 aliphatic carbocycles. The Labute approximate surface area is 87.3 Å². The van der Waals surface area contributed by atoms with Gasteiger partial charge >= 0.3 is 0 Å². The van der Waals surface area contributed by atoms with E-state index in [4.69, 9.17) is 0 Å². The van der Waals surface area contributed by atoms with Gasteiger partial charge in [0.1, 0.15) is 0 Å². The maximum atomic E-state index is 9.39. The van der Waals surface area contributed by atoms with Gasteiger partial charge < -0.3 is 19.6 Å². The molecule has 2 N–H and O–H groups in total. The minimum atomic E-state index is -0.401. The third-order valence-electron chi connectivity index (χ3n) is 2.13. The molecule has 0 spiro atoms. The van der Waals surface area contributed by atoms with Crippen LogP contribution in [0.1, 0.15) is 0 Å². The van der Waals surface area contributed by atoms with Crippen LogP contribution in [0.2, 0.25) is 0 Å². The van der Waals surface area contributed by atoms with Crippen molar-refractivity contribution < 1.29 is 14.7 Å². The quantitative estimate of drug-likeness (QED) is 0.559. The van der Waals surface area contributed by atoms with Crippen molar-refractivity contribution in [3.8, 4) is 0 Å². The highest BCUT2D eigenvalue weighted by Crippen LogP contribution is 2.19. The SMILES string of the molecule is CN(C)CC(CO)(CO)C[N+](C)(C)C. The van der Waals surface area contributed by atoms with Crippen LogP contribution >= 0.6 is 0 Å². The Balaban J connectivity index is 4.53. The zero-order valence-electron chi connectivity index (χ0n) is 10.1. The van der Waals surface area contributed by atoms with Gasteiger partial charge in [-0.1, -0.05) is 0 Å². The van der Waals surface area contributed by atoms with E-state index in [1.807, 2.05) is 19.0 Å². The van der Waals surface area contributed by atoms with Crippen LogP contribution in [0.25, 0.3) is 0 Å². The number of nitrogens with zero attached hydrogens (tertiary/aromatic N) is 2. The van der Waals surface area contributed by atoms with Gasteiger partial charge in [-0.2, -0.15) is 0 Å². The van der Waals surface area contributed by atoms with Crippen molar-refractivity contribution in [1.29, 1.82) is 0 Å². The van der Waals surface area contributed by atoms with E-state index in [0.29, 0.717) is 6.54 Å². The lowest BCUT2D eigenvalue weighted by molar-refractivity contribution is -0.877. The van der Waals surface area contributed by atoms with Gasteiger partial charge in [-0.25, -0.2) is 0 Å². The van der Waals surface area contributed by atoms with Gasteiger partial charge in [0.05, 0.1) is 46.3 Å². The first-order valence-corrected chi connectivity index (χ1v) is 4.92. The minimum Gasteiger partial charge on any atom is -0.395 e. The lowest BCUT2D eigenvalue weighted by Crippen LogP contribution is -2.53. The summed E-state index contributed by atoms with van der Waals surface area (Å²) in [6, 6.07) is 0. The van der Waals surface area contributed by atoms with Crippen LogP contribution in [0.5, 0.6) is 0 Å². The Morgan fingerprint density at radius 2 is 1.50 bits per heavy atom. The Kier molecular flexibility index (Phi) is 5.01. The van der Waals surface area contributed by atoms with E-state index in [-0.39, 0.29) is 13.2 Å². The molecule has 0 heterocycles. The molecule has 0 rings (SSSR count). The van der Waals surface area contributed by atoms with Crippen LogP contribution in [0.4, 0.5) is 0 Å². The highest BCUT2D eigenvalue weighted by molar-refractivity contribution is 4.80. The van der Waals surface area contributed by atoms with E-state index in [1.54, 1.807) is 0 Å². The lowest BCUT2D eigenvalue weighted by Gasteiger charge is -2.38. The molecule has 0 radical (unpaired) electrons. The molecule has 0 amide bonds. The maximum absolute atomic E-state index is 9.39. The Bertz CT molecular complexity index is 160. The fourth-order valence-corrected chi connectivity index (χ4v) is 1.98. The molecule has 0 saturated heterocycles. The summed E-state index contributed by atoms with van der Waals surface area (Å²) in [5.74, 6) is 0. The molecule has 86 valence electrons. The zero-order chi connectivity index (χ0) is 11.4. The fourth-order valence-electron chi connectivity index (χ4n) is 1.98. The zero-order valence-corrected chi connectivity index (χ0v) is 10.1. The summed E-state index contributed by atoms with van der Waals surface area (Å²) in [7, 11) is 10.1. The van der Waals surface area contributed by atoms with Gasteiger partial charge in [-0.15, -0.1) is 0 Å². The van der Waals surface area contributed by atoms with Crippen LogP contribution in [-0.4, -0.2) is 81.1 Å². The summed E-state index contributed by atoms with van der Waals surface area (Å²) in [6.45, 7) is 1.52. The van der Waals surface area contributed by atoms with Crippen molar-refractivity contribution in [1.82, 2.24) is 4.90 Å². The first-order valence-electron chi connectivity index (χ1n) is 4.92. The molecule has 0 saturated carbocycles. The molecular weight excluding hydrogens is 180 g/mol. The lowest BCUT2D eigenvalue weighted by atomic mass is 9.88. The number of aliphatic hydroxyl groups is 2. The molecule has 4 nitrogen and oxygen atoms in total. The molecule has 0 atom stereocenters. The highest BCUT2D eigenvalue weighted by atomic mass is 16.3. The number of aliphatic hydroxyl groups excluding tert-OH is 2. The summed E-state index contributed by atoms with van der Waals surface area (Å²) >= 11 is 0. The van der Waals surface area contributed by atoms with E-state index in [9.17, 15) is 10.2 Å². The summed E-state index contributed by atoms with van der Waals surface area (Å²) in [5, 5.41) is 18.8. The molecule has 0 unspecified atom stereocenters. The predicted octanol–water partition coefficient (Wildman–Crippen LogP) is -0.775. The van der Waals surface area contributed by atoms with Gasteiger partial charge in [-0.05, 0) is 14.1 Å². The van der Waals surface area contributed by atoms with Crippen LogP contribution in [0, 0.1) is 5.41 Å². The van der Waals surface area contributed by atoms with Crippen LogP contribution in [0.15, 0.2) is 0 Å².